The average molecular weight is 327 g/mol. The van der Waals surface area contributed by atoms with E-state index in [0.29, 0.717) is 0 Å². The van der Waals surface area contributed by atoms with Crippen molar-refractivity contribution in [3.8, 4) is 11.3 Å². The average Bonchev–Trinajstić information content (AvgIpc) is 2.96. The Labute approximate surface area is 128 Å². The SMILES string of the molecule is C[C@H](OC(=O)c1ccc(-c2cccc(C(F)(F)F)c2)o1)C(N)=O. The summed E-state index contributed by atoms with van der Waals surface area (Å²) in [6.45, 7) is 1.29. The van der Waals surface area contributed by atoms with Crippen molar-refractivity contribution < 1.29 is 31.9 Å². The molecule has 2 rings (SSSR count). The van der Waals surface area contributed by atoms with Crippen LogP contribution in [0, 0.1) is 0 Å². The van der Waals surface area contributed by atoms with Crippen LogP contribution < -0.4 is 5.73 Å². The standard InChI is InChI=1S/C15H12F3NO4/c1-8(13(19)20)22-14(21)12-6-5-11(23-12)9-3-2-4-10(7-9)15(16,17)18/h2-8H,1H3,(H2,19,20)/t8-/m0/s1. The van der Waals surface area contributed by atoms with Crippen molar-refractivity contribution in [1.29, 1.82) is 0 Å². The second-order valence-corrected chi connectivity index (χ2v) is 4.69. The molecule has 8 heteroatoms. The maximum absolute atomic E-state index is 12.7. The van der Waals surface area contributed by atoms with Crippen molar-refractivity contribution in [3.63, 3.8) is 0 Å². The predicted molar refractivity (Wildman–Crippen MR) is 73.2 cm³/mol. The summed E-state index contributed by atoms with van der Waals surface area (Å²) >= 11 is 0. The van der Waals surface area contributed by atoms with Crippen LogP contribution >= 0.6 is 0 Å². The zero-order valence-electron chi connectivity index (χ0n) is 11.9. The number of ether oxygens (including phenoxy) is 1. The van der Waals surface area contributed by atoms with Crippen molar-refractivity contribution >= 4 is 11.9 Å². The molecule has 0 fully saturated rings. The van der Waals surface area contributed by atoms with Gasteiger partial charge in [0.15, 0.2) is 6.10 Å². The molecular weight excluding hydrogens is 315 g/mol. The number of amides is 1. The highest BCUT2D eigenvalue weighted by Gasteiger charge is 2.30. The number of halogens is 3. The topological polar surface area (TPSA) is 82.5 Å². The van der Waals surface area contributed by atoms with Crippen LogP contribution in [0.15, 0.2) is 40.8 Å². The Morgan fingerprint density at radius 3 is 2.52 bits per heavy atom. The number of furan rings is 1. The van der Waals surface area contributed by atoms with Crippen LogP contribution in [0.4, 0.5) is 13.2 Å². The molecule has 1 aromatic carbocycles. The van der Waals surface area contributed by atoms with E-state index in [9.17, 15) is 22.8 Å². The molecule has 23 heavy (non-hydrogen) atoms. The number of rotatable bonds is 4. The number of esters is 1. The van der Waals surface area contributed by atoms with Crippen molar-refractivity contribution in [3.05, 3.63) is 47.7 Å². The van der Waals surface area contributed by atoms with E-state index in [4.69, 9.17) is 14.9 Å². The Kier molecular flexibility index (Phi) is 4.44. The molecule has 2 N–H and O–H groups in total. The van der Waals surface area contributed by atoms with E-state index in [1.807, 2.05) is 0 Å². The number of carbonyl (C=O) groups excluding carboxylic acids is 2. The minimum absolute atomic E-state index is 0.0646. The highest BCUT2D eigenvalue weighted by Crippen LogP contribution is 2.32. The second-order valence-electron chi connectivity index (χ2n) is 4.69. The fourth-order valence-corrected chi connectivity index (χ4v) is 1.73. The Morgan fingerprint density at radius 1 is 1.22 bits per heavy atom. The summed E-state index contributed by atoms with van der Waals surface area (Å²) < 4.78 is 48.0. The summed E-state index contributed by atoms with van der Waals surface area (Å²) in [6.07, 6.45) is -5.63. The van der Waals surface area contributed by atoms with Crippen LogP contribution in [-0.2, 0) is 15.7 Å². The van der Waals surface area contributed by atoms with Gasteiger partial charge in [-0.1, -0.05) is 12.1 Å². The van der Waals surface area contributed by atoms with E-state index in [-0.39, 0.29) is 17.1 Å². The van der Waals surface area contributed by atoms with Gasteiger partial charge in [-0.2, -0.15) is 13.2 Å². The third-order valence-electron chi connectivity index (χ3n) is 2.97. The minimum atomic E-state index is -4.48. The maximum atomic E-state index is 12.7. The van der Waals surface area contributed by atoms with Crippen LogP contribution in [0.2, 0.25) is 0 Å². The van der Waals surface area contributed by atoms with E-state index in [1.165, 1.54) is 31.2 Å². The smallest absolute Gasteiger partial charge is 0.416 e. The Morgan fingerprint density at radius 2 is 1.91 bits per heavy atom. The van der Waals surface area contributed by atoms with Gasteiger partial charge in [-0.15, -0.1) is 0 Å². The van der Waals surface area contributed by atoms with Crippen molar-refractivity contribution in [2.24, 2.45) is 5.73 Å². The molecule has 0 aliphatic carbocycles. The summed E-state index contributed by atoms with van der Waals surface area (Å²) in [5.74, 6) is -1.95. The van der Waals surface area contributed by atoms with Gasteiger partial charge in [-0.05, 0) is 31.2 Å². The van der Waals surface area contributed by atoms with Gasteiger partial charge in [-0.25, -0.2) is 4.79 Å². The first-order valence-corrected chi connectivity index (χ1v) is 6.46. The summed E-state index contributed by atoms with van der Waals surface area (Å²) in [5.41, 5.74) is 4.28. The van der Waals surface area contributed by atoms with Gasteiger partial charge in [0.2, 0.25) is 5.76 Å². The Balaban J connectivity index is 2.23. The molecule has 0 aliphatic rings. The van der Waals surface area contributed by atoms with Crippen LogP contribution in [0.3, 0.4) is 0 Å². The zero-order chi connectivity index (χ0) is 17.2. The first-order chi connectivity index (χ1) is 10.7. The first kappa shape index (κ1) is 16.6. The number of hydrogen-bond donors (Lipinski definition) is 1. The second kappa shape index (κ2) is 6.15. The van der Waals surface area contributed by atoms with Crippen LogP contribution in [0.1, 0.15) is 23.0 Å². The molecule has 2 aromatic rings. The minimum Gasteiger partial charge on any atom is -0.449 e. The summed E-state index contributed by atoms with van der Waals surface area (Å²) in [7, 11) is 0. The number of hydrogen-bond acceptors (Lipinski definition) is 4. The number of carbonyl (C=O) groups is 2. The molecule has 122 valence electrons. The van der Waals surface area contributed by atoms with Crippen LogP contribution in [0.25, 0.3) is 11.3 Å². The lowest BCUT2D eigenvalue weighted by Crippen LogP contribution is -2.30. The fraction of sp³-hybridized carbons (Fsp3) is 0.200. The van der Waals surface area contributed by atoms with E-state index in [0.717, 1.165) is 12.1 Å². The highest BCUT2D eigenvalue weighted by atomic mass is 19.4. The van der Waals surface area contributed by atoms with E-state index >= 15 is 0 Å². The van der Waals surface area contributed by atoms with Crippen LogP contribution in [0.5, 0.6) is 0 Å². The van der Waals surface area contributed by atoms with Gasteiger partial charge in [0.05, 0.1) is 5.56 Å². The molecule has 1 amide bonds. The maximum Gasteiger partial charge on any atom is 0.416 e. The molecule has 0 saturated carbocycles. The predicted octanol–water partition coefficient (Wildman–Crippen LogP) is 3.00. The van der Waals surface area contributed by atoms with Gasteiger partial charge in [-0.3, -0.25) is 4.79 Å². The molecule has 0 radical (unpaired) electrons. The number of primary amides is 1. The van der Waals surface area contributed by atoms with Gasteiger partial charge < -0.3 is 14.9 Å². The third kappa shape index (κ3) is 3.91. The molecule has 1 aromatic heterocycles. The molecule has 0 unspecified atom stereocenters. The zero-order valence-corrected chi connectivity index (χ0v) is 11.9. The molecule has 5 nitrogen and oxygen atoms in total. The molecular formula is C15H12F3NO4. The third-order valence-corrected chi connectivity index (χ3v) is 2.97. The van der Waals surface area contributed by atoms with Gasteiger partial charge in [0, 0.05) is 5.56 Å². The lowest BCUT2D eigenvalue weighted by atomic mass is 10.1. The monoisotopic (exact) mass is 327 g/mol. The molecule has 0 spiro atoms. The fourth-order valence-electron chi connectivity index (χ4n) is 1.73. The van der Waals surface area contributed by atoms with Gasteiger partial charge in [0.1, 0.15) is 5.76 Å². The summed E-state index contributed by atoms with van der Waals surface area (Å²) in [6, 6.07) is 7.05. The van der Waals surface area contributed by atoms with Crippen LogP contribution in [-0.4, -0.2) is 18.0 Å². The first-order valence-electron chi connectivity index (χ1n) is 6.46. The van der Waals surface area contributed by atoms with E-state index in [1.54, 1.807) is 0 Å². The van der Waals surface area contributed by atoms with E-state index in [2.05, 4.69) is 0 Å². The number of alkyl halides is 3. The Bertz CT molecular complexity index is 736. The number of benzene rings is 1. The molecule has 1 atom stereocenters. The van der Waals surface area contributed by atoms with Crippen molar-refractivity contribution in [2.45, 2.75) is 19.2 Å². The largest absolute Gasteiger partial charge is 0.449 e. The molecule has 0 bridgehead atoms. The lowest BCUT2D eigenvalue weighted by Gasteiger charge is -2.08. The molecule has 0 aliphatic heterocycles. The lowest BCUT2D eigenvalue weighted by molar-refractivity contribution is -0.137. The summed E-state index contributed by atoms with van der Waals surface area (Å²) in [5, 5.41) is 0. The molecule has 1 heterocycles. The highest BCUT2D eigenvalue weighted by molar-refractivity contribution is 5.90. The quantitative estimate of drug-likeness (QED) is 0.875. The molecule has 0 saturated heterocycles. The van der Waals surface area contributed by atoms with Gasteiger partial charge in [0.25, 0.3) is 5.91 Å². The normalized spacial score (nSPS) is 12.7. The number of nitrogens with two attached hydrogens (primary N) is 1. The van der Waals surface area contributed by atoms with Crippen molar-refractivity contribution in [1.82, 2.24) is 0 Å². The Hall–Kier alpha value is -2.77. The van der Waals surface area contributed by atoms with Crippen molar-refractivity contribution in [2.75, 3.05) is 0 Å². The summed E-state index contributed by atoms with van der Waals surface area (Å²) in [4.78, 5) is 22.6. The van der Waals surface area contributed by atoms with E-state index < -0.39 is 29.7 Å². The van der Waals surface area contributed by atoms with Gasteiger partial charge >= 0.3 is 12.1 Å².